The normalized spacial score (nSPS) is 16.9. The summed E-state index contributed by atoms with van der Waals surface area (Å²) in [5.74, 6) is -0.181. The third kappa shape index (κ3) is 2.76. The third-order valence-corrected chi connectivity index (χ3v) is 3.73. The second-order valence-electron chi connectivity index (χ2n) is 4.64. The lowest BCUT2D eigenvalue weighted by Gasteiger charge is -2.33. The van der Waals surface area contributed by atoms with Crippen LogP contribution in [-0.2, 0) is 11.3 Å². The standard InChI is InChI=1S/C13H18ClN3O/c14-11-1-2-12(10(7-11)8-15)17-5-3-9(4-6-17)13(16)18/h1-2,7,9H,3-6,8,15H2,(H2,16,18). The van der Waals surface area contributed by atoms with E-state index >= 15 is 0 Å². The van der Waals surface area contributed by atoms with E-state index in [0.717, 1.165) is 37.2 Å². The van der Waals surface area contributed by atoms with E-state index in [4.69, 9.17) is 23.1 Å². The molecule has 4 N–H and O–H groups in total. The Kier molecular flexibility index (Phi) is 4.09. The Morgan fingerprint density at radius 2 is 2.06 bits per heavy atom. The Balaban J connectivity index is 2.12. The Bertz CT molecular complexity index is 442. The van der Waals surface area contributed by atoms with Crippen molar-refractivity contribution < 1.29 is 4.79 Å². The highest BCUT2D eigenvalue weighted by atomic mass is 35.5. The highest BCUT2D eigenvalue weighted by molar-refractivity contribution is 6.30. The zero-order valence-corrected chi connectivity index (χ0v) is 11.0. The maximum atomic E-state index is 11.1. The Labute approximate surface area is 112 Å². The predicted molar refractivity (Wildman–Crippen MR) is 73.5 cm³/mol. The van der Waals surface area contributed by atoms with Gasteiger partial charge in [-0.1, -0.05) is 11.6 Å². The summed E-state index contributed by atoms with van der Waals surface area (Å²) in [7, 11) is 0. The first kappa shape index (κ1) is 13.2. The van der Waals surface area contributed by atoms with Crippen LogP contribution < -0.4 is 16.4 Å². The molecule has 2 rings (SSSR count). The number of amides is 1. The summed E-state index contributed by atoms with van der Waals surface area (Å²) in [4.78, 5) is 13.4. The summed E-state index contributed by atoms with van der Waals surface area (Å²) >= 11 is 5.96. The number of carbonyl (C=O) groups is 1. The van der Waals surface area contributed by atoms with Crippen molar-refractivity contribution in [3.05, 3.63) is 28.8 Å². The lowest BCUT2D eigenvalue weighted by atomic mass is 9.95. The van der Waals surface area contributed by atoms with Gasteiger partial charge in [-0.25, -0.2) is 0 Å². The number of carbonyl (C=O) groups excluding carboxylic acids is 1. The number of primary amides is 1. The summed E-state index contributed by atoms with van der Waals surface area (Å²) in [5.41, 5.74) is 13.2. The molecule has 98 valence electrons. The molecule has 1 saturated heterocycles. The van der Waals surface area contributed by atoms with Gasteiger partial charge in [-0.2, -0.15) is 0 Å². The van der Waals surface area contributed by atoms with Gasteiger partial charge in [-0.05, 0) is 36.6 Å². The molecule has 0 aliphatic carbocycles. The second-order valence-corrected chi connectivity index (χ2v) is 5.08. The van der Waals surface area contributed by atoms with Gasteiger partial charge in [-0.15, -0.1) is 0 Å². The molecule has 0 atom stereocenters. The zero-order valence-electron chi connectivity index (χ0n) is 10.2. The summed E-state index contributed by atoms with van der Waals surface area (Å²) in [6.07, 6.45) is 1.62. The van der Waals surface area contributed by atoms with Crippen molar-refractivity contribution in [2.24, 2.45) is 17.4 Å². The van der Waals surface area contributed by atoms with E-state index in [0.29, 0.717) is 11.6 Å². The molecule has 18 heavy (non-hydrogen) atoms. The van der Waals surface area contributed by atoms with Gasteiger partial charge in [0.1, 0.15) is 0 Å². The first-order valence-corrected chi connectivity index (χ1v) is 6.52. The topological polar surface area (TPSA) is 72.3 Å². The van der Waals surface area contributed by atoms with Crippen LogP contribution in [0.4, 0.5) is 5.69 Å². The first-order chi connectivity index (χ1) is 8.61. The molecule has 0 saturated carbocycles. The molecule has 5 heteroatoms. The van der Waals surface area contributed by atoms with E-state index in [1.54, 1.807) is 0 Å². The molecule has 1 amide bonds. The van der Waals surface area contributed by atoms with E-state index in [9.17, 15) is 4.79 Å². The minimum atomic E-state index is -0.190. The maximum absolute atomic E-state index is 11.1. The molecule has 1 fully saturated rings. The first-order valence-electron chi connectivity index (χ1n) is 6.14. The highest BCUT2D eigenvalue weighted by Gasteiger charge is 2.24. The molecule has 1 aromatic carbocycles. The van der Waals surface area contributed by atoms with Crippen LogP contribution in [0.1, 0.15) is 18.4 Å². The number of benzene rings is 1. The van der Waals surface area contributed by atoms with Gasteiger partial charge in [-0.3, -0.25) is 4.79 Å². The van der Waals surface area contributed by atoms with E-state index in [1.807, 2.05) is 18.2 Å². The highest BCUT2D eigenvalue weighted by Crippen LogP contribution is 2.28. The van der Waals surface area contributed by atoms with Gasteiger partial charge in [0, 0.05) is 36.3 Å². The number of rotatable bonds is 3. The third-order valence-electron chi connectivity index (χ3n) is 3.50. The molecule has 1 aliphatic rings. The van der Waals surface area contributed by atoms with Gasteiger partial charge in [0.25, 0.3) is 0 Å². The fraction of sp³-hybridized carbons (Fsp3) is 0.462. The smallest absolute Gasteiger partial charge is 0.220 e. The van der Waals surface area contributed by atoms with Gasteiger partial charge in [0.2, 0.25) is 5.91 Å². The van der Waals surface area contributed by atoms with Crippen LogP contribution in [0.3, 0.4) is 0 Å². The molecule has 1 heterocycles. The molecule has 0 radical (unpaired) electrons. The number of anilines is 1. The van der Waals surface area contributed by atoms with Crippen LogP contribution in [0.2, 0.25) is 5.02 Å². The number of nitrogens with zero attached hydrogens (tertiary/aromatic N) is 1. The fourth-order valence-corrected chi connectivity index (χ4v) is 2.63. The van der Waals surface area contributed by atoms with Gasteiger partial charge >= 0.3 is 0 Å². The molecule has 1 aromatic rings. The average molecular weight is 268 g/mol. The summed E-state index contributed by atoms with van der Waals surface area (Å²) in [5, 5.41) is 0.700. The van der Waals surface area contributed by atoms with Gasteiger partial charge < -0.3 is 16.4 Å². The molecular formula is C13H18ClN3O. The van der Waals surface area contributed by atoms with Crippen LogP contribution in [0.25, 0.3) is 0 Å². The second kappa shape index (κ2) is 5.59. The largest absolute Gasteiger partial charge is 0.371 e. The van der Waals surface area contributed by atoms with Gasteiger partial charge in [0.15, 0.2) is 0 Å². The molecule has 4 nitrogen and oxygen atoms in total. The number of halogens is 1. The molecular weight excluding hydrogens is 250 g/mol. The van der Waals surface area contributed by atoms with Crippen molar-refractivity contribution in [3.8, 4) is 0 Å². The quantitative estimate of drug-likeness (QED) is 0.872. The van der Waals surface area contributed by atoms with Crippen LogP contribution in [0.5, 0.6) is 0 Å². The van der Waals surface area contributed by atoms with E-state index in [-0.39, 0.29) is 11.8 Å². The molecule has 0 aromatic heterocycles. The van der Waals surface area contributed by atoms with Crippen molar-refractivity contribution >= 4 is 23.2 Å². The molecule has 0 unspecified atom stereocenters. The number of nitrogens with two attached hydrogens (primary N) is 2. The zero-order chi connectivity index (χ0) is 13.1. The lowest BCUT2D eigenvalue weighted by molar-refractivity contribution is -0.122. The van der Waals surface area contributed by atoms with Crippen molar-refractivity contribution in [2.75, 3.05) is 18.0 Å². The van der Waals surface area contributed by atoms with Crippen molar-refractivity contribution in [2.45, 2.75) is 19.4 Å². The Morgan fingerprint density at radius 3 is 2.61 bits per heavy atom. The monoisotopic (exact) mass is 267 g/mol. The van der Waals surface area contributed by atoms with Crippen molar-refractivity contribution in [1.82, 2.24) is 0 Å². The van der Waals surface area contributed by atoms with E-state index in [1.165, 1.54) is 0 Å². The SMILES string of the molecule is NCc1cc(Cl)ccc1N1CCC(C(N)=O)CC1. The minimum Gasteiger partial charge on any atom is -0.371 e. The number of hydrogen-bond donors (Lipinski definition) is 2. The van der Waals surface area contributed by atoms with Crippen LogP contribution in [-0.4, -0.2) is 19.0 Å². The van der Waals surface area contributed by atoms with Gasteiger partial charge in [0.05, 0.1) is 0 Å². The van der Waals surface area contributed by atoms with Crippen molar-refractivity contribution in [1.29, 1.82) is 0 Å². The Morgan fingerprint density at radius 1 is 1.39 bits per heavy atom. The van der Waals surface area contributed by atoms with Crippen molar-refractivity contribution in [3.63, 3.8) is 0 Å². The average Bonchev–Trinajstić information content (AvgIpc) is 2.38. The fourth-order valence-electron chi connectivity index (χ4n) is 2.43. The minimum absolute atomic E-state index is 0.00915. The van der Waals surface area contributed by atoms with E-state index in [2.05, 4.69) is 4.90 Å². The molecule has 0 spiro atoms. The predicted octanol–water partition coefficient (Wildman–Crippen LogP) is 1.50. The van der Waals surface area contributed by atoms with Crippen LogP contribution >= 0.6 is 11.6 Å². The summed E-state index contributed by atoms with van der Waals surface area (Å²) in [6.45, 7) is 2.14. The van der Waals surface area contributed by atoms with E-state index < -0.39 is 0 Å². The number of hydrogen-bond acceptors (Lipinski definition) is 3. The lowest BCUT2D eigenvalue weighted by Crippen LogP contribution is -2.39. The molecule has 1 aliphatic heterocycles. The summed E-state index contributed by atoms with van der Waals surface area (Å²) in [6, 6.07) is 5.77. The maximum Gasteiger partial charge on any atom is 0.220 e. The number of piperidine rings is 1. The molecule has 0 bridgehead atoms. The summed E-state index contributed by atoms with van der Waals surface area (Å²) < 4.78 is 0. The Hall–Kier alpha value is -1.26. The van der Waals surface area contributed by atoms with Crippen LogP contribution in [0.15, 0.2) is 18.2 Å². The van der Waals surface area contributed by atoms with Crippen LogP contribution in [0, 0.1) is 5.92 Å².